The molecule has 0 fully saturated rings. The number of nitro groups is 2. The molecule has 0 aliphatic rings. The Hall–Kier alpha value is -4.60. The van der Waals surface area contributed by atoms with Gasteiger partial charge in [0, 0.05) is 23.8 Å². The summed E-state index contributed by atoms with van der Waals surface area (Å²) >= 11 is 0. The van der Waals surface area contributed by atoms with Crippen molar-refractivity contribution in [2.24, 2.45) is 0 Å². The molecule has 0 saturated carbocycles. The van der Waals surface area contributed by atoms with E-state index in [4.69, 9.17) is 9.47 Å². The zero-order valence-corrected chi connectivity index (χ0v) is 17.3. The summed E-state index contributed by atoms with van der Waals surface area (Å²) < 4.78 is 24.3. The van der Waals surface area contributed by atoms with Crippen LogP contribution >= 0.6 is 0 Å². The molecule has 0 bridgehead atoms. The average molecular weight is 452 g/mol. The Balaban J connectivity index is 1.83. The van der Waals surface area contributed by atoms with E-state index < -0.39 is 21.4 Å². The monoisotopic (exact) mass is 452 g/mol. The second kappa shape index (κ2) is 10.1. The van der Waals surface area contributed by atoms with Crippen molar-refractivity contribution in [2.75, 3.05) is 7.11 Å². The molecule has 0 saturated heterocycles. The van der Waals surface area contributed by atoms with E-state index in [0.29, 0.717) is 16.9 Å². The van der Waals surface area contributed by atoms with Gasteiger partial charge in [-0.15, -0.1) is 0 Å². The largest absolute Gasteiger partial charge is 0.496 e. The minimum Gasteiger partial charge on any atom is -0.496 e. The van der Waals surface area contributed by atoms with E-state index in [2.05, 4.69) is 0 Å². The van der Waals surface area contributed by atoms with Gasteiger partial charge in [0.05, 0.1) is 22.5 Å². The molecule has 3 rings (SSSR count). The number of ether oxygens (including phenoxy) is 2. The van der Waals surface area contributed by atoms with Crippen molar-refractivity contribution in [2.45, 2.75) is 6.61 Å². The Labute approximate surface area is 187 Å². The second-order valence-corrected chi connectivity index (χ2v) is 6.70. The van der Waals surface area contributed by atoms with Crippen LogP contribution in [-0.4, -0.2) is 22.7 Å². The summed E-state index contributed by atoms with van der Waals surface area (Å²) in [5.41, 5.74) is 0.301. The van der Waals surface area contributed by atoms with Crippen LogP contribution in [0.25, 0.3) is 6.08 Å². The van der Waals surface area contributed by atoms with Gasteiger partial charge in [0.1, 0.15) is 18.2 Å². The van der Waals surface area contributed by atoms with Crippen LogP contribution in [0, 0.1) is 26.0 Å². The first-order valence-corrected chi connectivity index (χ1v) is 9.49. The average Bonchev–Trinajstić information content (AvgIpc) is 2.81. The van der Waals surface area contributed by atoms with Gasteiger partial charge < -0.3 is 9.47 Å². The molecule has 0 N–H and O–H groups in total. The van der Waals surface area contributed by atoms with E-state index in [-0.39, 0.29) is 29.3 Å². The van der Waals surface area contributed by atoms with E-state index in [0.717, 1.165) is 18.2 Å². The lowest BCUT2D eigenvalue weighted by atomic mass is 10.1. The van der Waals surface area contributed by atoms with Crippen molar-refractivity contribution in [3.05, 3.63) is 109 Å². The van der Waals surface area contributed by atoms with Crippen LogP contribution in [0.15, 0.2) is 66.7 Å². The van der Waals surface area contributed by atoms with Crippen LogP contribution in [-0.2, 0) is 6.61 Å². The molecule has 0 aromatic heterocycles. The third kappa shape index (κ3) is 5.56. The van der Waals surface area contributed by atoms with Crippen molar-refractivity contribution in [3.8, 4) is 11.5 Å². The van der Waals surface area contributed by atoms with Gasteiger partial charge in [-0.3, -0.25) is 25.0 Å². The number of allylic oxidation sites excluding steroid dienone is 1. The Bertz CT molecular complexity index is 1260. The number of carbonyl (C=O) groups excluding carboxylic acids is 1. The highest BCUT2D eigenvalue weighted by atomic mass is 19.1. The second-order valence-electron chi connectivity index (χ2n) is 6.70. The van der Waals surface area contributed by atoms with E-state index in [9.17, 15) is 29.4 Å². The van der Waals surface area contributed by atoms with Crippen LogP contribution in [0.4, 0.5) is 15.8 Å². The van der Waals surface area contributed by atoms with E-state index in [1.165, 1.54) is 43.5 Å². The van der Waals surface area contributed by atoms with E-state index in [1.807, 2.05) is 0 Å². The number of halogens is 1. The molecule has 10 heteroatoms. The molecule has 0 amide bonds. The number of ketones is 1. The first kappa shape index (κ1) is 23.1. The van der Waals surface area contributed by atoms with Crippen molar-refractivity contribution in [3.63, 3.8) is 0 Å². The van der Waals surface area contributed by atoms with Gasteiger partial charge >= 0.3 is 5.69 Å². The zero-order chi connectivity index (χ0) is 24.0. The highest BCUT2D eigenvalue weighted by Crippen LogP contribution is 2.30. The number of benzene rings is 3. The normalized spacial score (nSPS) is 10.7. The Morgan fingerprint density at radius 2 is 1.70 bits per heavy atom. The number of rotatable bonds is 9. The maximum Gasteiger partial charge on any atom is 0.311 e. The molecule has 0 aliphatic heterocycles. The number of hydrogen-bond donors (Lipinski definition) is 0. The number of hydrogen-bond acceptors (Lipinski definition) is 7. The lowest BCUT2D eigenvalue weighted by Gasteiger charge is -2.11. The van der Waals surface area contributed by atoms with Gasteiger partial charge in [0.2, 0.25) is 0 Å². The van der Waals surface area contributed by atoms with Crippen LogP contribution in [0.1, 0.15) is 21.5 Å². The fraction of sp³-hybridized carbons (Fsp3) is 0.0870. The summed E-state index contributed by atoms with van der Waals surface area (Å²) in [6, 6.07) is 13.4. The number of carbonyl (C=O) groups is 1. The molecule has 0 radical (unpaired) electrons. The van der Waals surface area contributed by atoms with Crippen LogP contribution in [0.3, 0.4) is 0 Å². The Morgan fingerprint density at radius 1 is 0.970 bits per heavy atom. The highest BCUT2D eigenvalue weighted by molar-refractivity contribution is 6.09. The molecule has 3 aromatic rings. The fourth-order valence-electron chi connectivity index (χ4n) is 3.03. The van der Waals surface area contributed by atoms with Gasteiger partial charge in [0.15, 0.2) is 11.5 Å². The number of nitrogens with zero attached hydrogens (tertiary/aromatic N) is 2. The summed E-state index contributed by atoms with van der Waals surface area (Å²) in [6.07, 6.45) is 2.67. The van der Waals surface area contributed by atoms with Crippen LogP contribution < -0.4 is 9.47 Å². The number of para-hydroxylation sites is 1. The molecule has 0 spiro atoms. The van der Waals surface area contributed by atoms with Crippen molar-refractivity contribution in [1.29, 1.82) is 0 Å². The van der Waals surface area contributed by atoms with Gasteiger partial charge in [-0.2, -0.15) is 0 Å². The summed E-state index contributed by atoms with van der Waals surface area (Å²) in [5.74, 6) is -1.06. The van der Waals surface area contributed by atoms with Crippen molar-refractivity contribution < 1.29 is 28.5 Å². The quantitative estimate of drug-likeness (QED) is 0.191. The molecule has 3 aromatic carbocycles. The number of nitro benzene ring substituents is 2. The van der Waals surface area contributed by atoms with E-state index >= 15 is 0 Å². The maximum absolute atomic E-state index is 13.5. The molecule has 9 nitrogen and oxygen atoms in total. The van der Waals surface area contributed by atoms with Crippen LogP contribution in [0.2, 0.25) is 0 Å². The van der Waals surface area contributed by atoms with Crippen molar-refractivity contribution >= 4 is 23.2 Å². The molecule has 0 atom stereocenters. The molecular formula is C23H17FN2O7. The minimum absolute atomic E-state index is 0.0470. The summed E-state index contributed by atoms with van der Waals surface area (Å²) in [6.45, 7) is -0.173. The standard InChI is InChI=1S/C23H17FN2O7/c1-32-22-11-7-15(6-10-21(27)18-4-2-3-5-19(18)25(28)29)12-16(22)14-33-23-13-17(24)8-9-20(23)26(30)31/h2-13H,14H2,1H3/b10-6+. The van der Waals surface area contributed by atoms with Gasteiger partial charge in [-0.1, -0.05) is 24.3 Å². The molecule has 168 valence electrons. The SMILES string of the molecule is COc1ccc(/C=C/C(=O)c2ccccc2[N+](=O)[O-])cc1COc1cc(F)ccc1[N+](=O)[O-]. The first-order valence-electron chi connectivity index (χ1n) is 9.49. The predicted octanol–water partition coefficient (Wildman–Crippen LogP) is 5.13. The minimum atomic E-state index is -0.687. The first-order chi connectivity index (χ1) is 15.8. The summed E-state index contributed by atoms with van der Waals surface area (Å²) in [7, 11) is 1.43. The molecule has 0 heterocycles. The fourth-order valence-corrected chi connectivity index (χ4v) is 3.03. The van der Waals surface area contributed by atoms with Gasteiger partial charge in [-0.25, -0.2) is 4.39 Å². The zero-order valence-electron chi connectivity index (χ0n) is 17.3. The van der Waals surface area contributed by atoms with Gasteiger partial charge in [-0.05, 0) is 35.9 Å². The smallest absolute Gasteiger partial charge is 0.311 e. The number of methoxy groups -OCH3 is 1. The molecule has 33 heavy (non-hydrogen) atoms. The lowest BCUT2D eigenvalue weighted by molar-refractivity contribution is -0.386. The third-order valence-corrected chi connectivity index (χ3v) is 4.60. The lowest BCUT2D eigenvalue weighted by Crippen LogP contribution is -2.02. The van der Waals surface area contributed by atoms with Crippen molar-refractivity contribution in [1.82, 2.24) is 0 Å². The predicted molar refractivity (Wildman–Crippen MR) is 117 cm³/mol. The topological polar surface area (TPSA) is 122 Å². The molecular weight excluding hydrogens is 435 g/mol. The molecule has 0 unspecified atom stereocenters. The summed E-state index contributed by atoms with van der Waals surface area (Å²) in [5, 5.41) is 22.3. The Kier molecular flexibility index (Phi) is 7.09. The maximum atomic E-state index is 13.5. The summed E-state index contributed by atoms with van der Waals surface area (Å²) in [4.78, 5) is 33.4. The molecule has 0 aliphatic carbocycles. The highest BCUT2D eigenvalue weighted by Gasteiger charge is 2.18. The van der Waals surface area contributed by atoms with Gasteiger partial charge in [0.25, 0.3) is 5.69 Å². The Morgan fingerprint density at radius 3 is 2.39 bits per heavy atom. The van der Waals surface area contributed by atoms with E-state index in [1.54, 1.807) is 18.2 Å². The van der Waals surface area contributed by atoms with Crippen LogP contribution in [0.5, 0.6) is 11.5 Å². The third-order valence-electron chi connectivity index (χ3n) is 4.60.